The first-order valence-electron chi connectivity index (χ1n) is 9.21. The molecule has 3 rings (SSSR count). The van der Waals surface area contributed by atoms with Crippen LogP contribution in [0, 0.1) is 0 Å². The molecule has 1 atom stereocenters. The van der Waals surface area contributed by atoms with E-state index in [4.69, 9.17) is 9.47 Å². The minimum absolute atomic E-state index is 0.265. The van der Waals surface area contributed by atoms with Crippen LogP contribution >= 0.6 is 11.3 Å². The predicted molar refractivity (Wildman–Crippen MR) is 113 cm³/mol. The summed E-state index contributed by atoms with van der Waals surface area (Å²) in [6.45, 7) is 3.62. The number of aryl methyl sites for hydroxylation is 1. The molecule has 1 aromatic heterocycles. The summed E-state index contributed by atoms with van der Waals surface area (Å²) < 4.78 is 10.4. The standard InChI is InChI=1S/C22H22N2O4S/c1-4-15-9-11-16(12-10-15)18-13-29-22(23-18)24-20(25)14(2)28-21(26)17-7-5-6-8-19(17)27-3/h5-14H,4H2,1-3H3,(H,23,24,25)/t14-/m1/s1. The summed E-state index contributed by atoms with van der Waals surface area (Å²) in [6.07, 6.45) is -0.00647. The van der Waals surface area contributed by atoms with E-state index in [2.05, 4.69) is 29.4 Å². The average molecular weight is 410 g/mol. The molecule has 150 valence electrons. The van der Waals surface area contributed by atoms with Crippen LogP contribution in [0.5, 0.6) is 5.75 Å². The molecule has 6 nitrogen and oxygen atoms in total. The van der Waals surface area contributed by atoms with Gasteiger partial charge in [0.05, 0.1) is 12.8 Å². The smallest absolute Gasteiger partial charge is 0.342 e. The number of anilines is 1. The minimum Gasteiger partial charge on any atom is -0.496 e. The molecule has 0 radical (unpaired) electrons. The topological polar surface area (TPSA) is 77.5 Å². The lowest BCUT2D eigenvalue weighted by Gasteiger charge is -2.13. The van der Waals surface area contributed by atoms with E-state index in [-0.39, 0.29) is 5.56 Å². The zero-order valence-corrected chi connectivity index (χ0v) is 17.3. The second-order valence-corrected chi connectivity index (χ2v) is 7.18. The lowest BCUT2D eigenvalue weighted by molar-refractivity contribution is -0.123. The zero-order chi connectivity index (χ0) is 20.8. The number of rotatable bonds is 7. The van der Waals surface area contributed by atoms with E-state index in [0.29, 0.717) is 10.9 Å². The minimum atomic E-state index is -0.983. The van der Waals surface area contributed by atoms with Gasteiger partial charge in [-0.25, -0.2) is 9.78 Å². The van der Waals surface area contributed by atoms with Crippen molar-refractivity contribution in [2.24, 2.45) is 0 Å². The highest BCUT2D eigenvalue weighted by Crippen LogP contribution is 2.25. The van der Waals surface area contributed by atoms with E-state index < -0.39 is 18.0 Å². The molecule has 0 bridgehead atoms. The quantitative estimate of drug-likeness (QED) is 0.578. The average Bonchev–Trinajstić information content (AvgIpc) is 3.22. The molecular weight excluding hydrogens is 388 g/mol. The van der Waals surface area contributed by atoms with Crippen molar-refractivity contribution in [1.29, 1.82) is 0 Å². The Morgan fingerprint density at radius 3 is 2.55 bits per heavy atom. The van der Waals surface area contributed by atoms with Gasteiger partial charge in [-0.15, -0.1) is 11.3 Å². The number of thiazole rings is 1. The highest BCUT2D eigenvalue weighted by molar-refractivity contribution is 7.14. The molecule has 0 aliphatic rings. The van der Waals surface area contributed by atoms with Gasteiger partial charge in [0.1, 0.15) is 11.3 Å². The third-order valence-electron chi connectivity index (χ3n) is 4.37. The Bertz CT molecular complexity index is 998. The third kappa shape index (κ3) is 5.00. The summed E-state index contributed by atoms with van der Waals surface area (Å²) in [5.41, 5.74) is 3.28. The Balaban J connectivity index is 1.62. The van der Waals surface area contributed by atoms with E-state index in [1.165, 1.54) is 30.9 Å². The Hall–Kier alpha value is -3.19. The summed E-state index contributed by atoms with van der Waals surface area (Å²) in [6, 6.07) is 14.8. The van der Waals surface area contributed by atoms with Gasteiger partial charge in [0.25, 0.3) is 5.91 Å². The summed E-state index contributed by atoms with van der Waals surface area (Å²) in [5, 5.41) is 5.03. The van der Waals surface area contributed by atoms with Crippen molar-refractivity contribution in [1.82, 2.24) is 4.98 Å². The number of ether oxygens (including phenoxy) is 2. The molecule has 0 unspecified atom stereocenters. The number of benzene rings is 2. The molecule has 1 N–H and O–H groups in total. The van der Waals surface area contributed by atoms with Crippen LogP contribution in [-0.2, 0) is 16.0 Å². The lowest BCUT2D eigenvalue weighted by atomic mass is 10.1. The lowest BCUT2D eigenvalue weighted by Crippen LogP contribution is -2.30. The third-order valence-corrected chi connectivity index (χ3v) is 5.13. The number of carbonyl (C=O) groups excluding carboxylic acids is 2. The van der Waals surface area contributed by atoms with E-state index in [9.17, 15) is 9.59 Å². The SMILES string of the molecule is CCc1ccc(-c2csc(NC(=O)[C@@H](C)OC(=O)c3ccccc3OC)n2)cc1. The van der Waals surface area contributed by atoms with Crippen LogP contribution in [0.25, 0.3) is 11.3 Å². The second-order valence-electron chi connectivity index (χ2n) is 6.33. The van der Waals surface area contributed by atoms with E-state index in [1.807, 2.05) is 17.5 Å². The number of aromatic nitrogens is 1. The van der Waals surface area contributed by atoms with Crippen molar-refractivity contribution in [3.8, 4) is 17.0 Å². The van der Waals surface area contributed by atoms with Gasteiger partial charge in [0.2, 0.25) is 0 Å². The number of amides is 1. The molecule has 3 aromatic rings. The first-order chi connectivity index (χ1) is 14.0. The van der Waals surface area contributed by atoms with E-state index in [0.717, 1.165) is 17.7 Å². The molecule has 0 fully saturated rings. The maximum absolute atomic E-state index is 12.4. The van der Waals surface area contributed by atoms with Crippen molar-refractivity contribution in [3.05, 3.63) is 65.0 Å². The number of nitrogens with zero attached hydrogens (tertiary/aromatic N) is 1. The van der Waals surface area contributed by atoms with Gasteiger partial charge < -0.3 is 9.47 Å². The van der Waals surface area contributed by atoms with Crippen molar-refractivity contribution >= 4 is 28.3 Å². The van der Waals surface area contributed by atoms with Gasteiger partial charge in [-0.05, 0) is 31.0 Å². The predicted octanol–water partition coefficient (Wildman–Crippen LogP) is 4.57. The van der Waals surface area contributed by atoms with Crippen molar-refractivity contribution in [3.63, 3.8) is 0 Å². The summed E-state index contributed by atoms with van der Waals surface area (Å²) in [7, 11) is 1.47. The number of para-hydroxylation sites is 1. The molecule has 0 aliphatic heterocycles. The summed E-state index contributed by atoms with van der Waals surface area (Å²) >= 11 is 1.32. The molecule has 29 heavy (non-hydrogen) atoms. The number of esters is 1. The van der Waals surface area contributed by atoms with Gasteiger partial charge in [-0.3, -0.25) is 10.1 Å². The van der Waals surface area contributed by atoms with Crippen LogP contribution in [0.1, 0.15) is 29.8 Å². The van der Waals surface area contributed by atoms with Gasteiger partial charge in [-0.1, -0.05) is 43.3 Å². The van der Waals surface area contributed by atoms with Crippen LogP contribution in [0.3, 0.4) is 0 Å². The number of hydrogen-bond acceptors (Lipinski definition) is 6. The van der Waals surface area contributed by atoms with Gasteiger partial charge >= 0.3 is 5.97 Å². The fourth-order valence-electron chi connectivity index (χ4n) is 2.67. The van der Waals surface area contributed by atoms with Gasteiger partial charge in [0.15, 0.2) is 11.2 Å². The van der Waals surface area contributed by atoms with Crippen molar-refractivity contribution in [2.75, 3.05) is 12.4 Å². The Kier molecular flexibility index (Phi) is 6.61. The highest BCUT2D eigenvalue weighted by atomic mass is 32.1. The Labute approximate surface area is 173 Å². The maximum Gasteiger partial charge on any atom is 0.342 e. The van der Waals surface area contributed by atoms with Crippen molar-refractivity contribution < 1.29 is 19.1 Å². The first kappa shape index (κ1) is 20.5. The summed E-state index contributed by atoms with van der Waals surface area (Å²) in [4.78, 5) is 29.2. The molecule has 1 heterocycles. The largest absolute Gasteiger partial charge is 0.496 e. The maximum atomic E-state index is 12.4. The fraction of sp³-hybridized carbons (Fsp3) is 0.227. The second kappa shape index (κ2) is 9.34. The molecule has 7 heteroatoms. The van der Waals surface area contributed by atoms with Crippen LogP contribution in [0.4, 0.5) is 5.13 Å². The monoisotopic (exact) mass is 410 g/mol. The molecule has 2 aromatic carbocycles. The summed E-state index contributed by atoms with van der Waals surface area (Å²) in [5.74, 6) is -0.680. The van der Waals surface area contributed by atoms with Crippen LogP contribution in [0.15, 0.2) is 53.9 Å². The number of nitrogens with one attached hydrogen (secondary N) is 1. The zero-order valence-electron chi connectivity index (χ0n) is 16.5. The van der Waals surface area contributed by atoms with Crippen LogP contribution < -0.4 is 10.1 Å². The molecular formula is C22H22N2O4S. The number of methoxy groups -OCH3 is 1. The molecule has 0 spiro atoms. The van der Waals surface area contributed by atoms with E-state index in [1.54, 1.807) is 24.3 Å². The molecule has 1 amide bonds. The molecule has 0 saturated heterocycles. The van der Waals surface area contributed by atoms with Crippen LogP contribution in [0.2, 0.25) is 0 Å². The first-order valence-corrected chi connectivity index (χ1v) is 10.1. The van der Waals surface area contributed by atoms with Gasteiger partial charge in [0, 0.05) is 10.9 Å². The molecule has 0 aliphatic carbocycles. The van der Waals surface area contributed by atoms with E-state index >= 15 is 0 Å². The van der Waals surface area contributed by atoms with Crippen LogP contribution in [-0.4, -0.2) is 30.1 Å². The highest BCUT2D eigenvalue weighted by Gasteiger charge is 2.22. The fourth-order valence-corrected chi connectivity index (χ4v) is 3.40. The number of hydrogen-bond donors (Lipinski definition) is 1. The number of carbonyl (C=O) groups is 2. The van der Waals surface area contributed by atoms with Gasteiger partial charge in [-0.2, -0.15) is 0 Å². The van der Waals surface area contributed by atoms with Crippen molar-refractivity contribution in [2.45, 2.75) is 26.4 Å². The Morgan fingerprint density at radius 2 is 1.86 bits per heavy atom. The molecule has 0 saturated carbocycles. The Morgan fingerprint density at radius 1 is 1.14 bits per heavy atom. The normalized spacial score (nSPS) is 11.6.